The summed E-state index contributed by atoms with van der Waals surface area (Å²) in [7, 11) is 0. The molecule has 0 radical (unpaired) electrons. The third-order valence-corrected chi connectivity index (χ3v) is 8.03. The molecule has 2 amide bonds. The van der Waals surface area contributed by atoms with Crippen molar-refractivity contribution in [2.45, 2.75) is 25.5 Å². The minimum atomic E-state index is -1.80. The zero-order valence-corrected chi connectivity index (χ0v) is 23.7. The van der Waals surface area contributed by atoms with Gasteiger partial charge in [-0.3, -0.25) is 14.5 Å². The van der Waals surface area contributed by atoms with E-state index in [1.54, 1.807) is 65.3 Å². The SMILES string of the molecule is C[C@@H](/C=C/CCO)[C@]1(O)C(=O)N(Cc2ccc(N3C(=O)c4ccccc4Oc4ccccc43)cc2)c2ccc(Cl)cc21. The van der Waals surface area contributed by atoms with Gasteiger partial charge in [-0.05, 0) is 66.6 Å². The first-order valence-corrected chi connectivity index (χ1v) is 14.1. The van der Waals surface area contributed by atoms with Crippen molar-refractivity contribution in [3.8, 4) is 11.5 Å². The number of nitrogens with zero attached hydrogens (tertiary/aromatic N) is 2. The Morgan fingerprint density at radius 1 is 0.929 bits per heavy atom. The van der Waals surface area contributed by atoms with Crippen LogP contribution in [0.3, 0.4) is 0 Å². The first kappa shape index (κ1) is 27.7. The summed E-state index contributed by atoms with van der Waals surface area (Å²) in [6.45, 7) is 1.96. The highest BCUT2D eigenvalue weighted by Gasteiger charge is 2.52. The average Bonchev–Trinajstić information content (AvgIpc) is 3.12. The lowest BCUT2D eigenvalue weighted by Gasteiger charge is -2.28. The maximum Gasteiger partial charge on any atom is 0.266 e. The molecule has 2 heterocycles. The lowest BCUT2D eigenvalue weighted by molar-refractivity contribution is -0.139. The summed E-state index contributed by atoms with van der Waals surface area (Å²) in [6, 6.07) is 27.1. The first-order valence-electron chi connectivity index (χ1n) is 13.7. The Balaban J connectivity index is 1.32. The van der Waals surface area contributed by atoms with Crippen LogP contribution in [0.4, 0.5) is 17.1 Å². The van der Waals surface area contributed by atoms with Gasteiger partial charge in [0.05, 0.1) is 23.5 Å². The molecule has 0 fully saturated rings. The number of carbonyl (C=O) groups is 2. The smallest absolute Gasteiger partial charge is 0.266 e. The van der Waals surface area contributed by atoms with Gasteiger partial charge in [0, 0.05) is 28.8 Å². The Labute approximate surface area is 248 Å². The van der Waals surface area contributed by atoms with E-state index in [1.165, 1.54) is 0 Å². The molecule has 0 aliphatic carbocycles. The van der Waals surface area contributed by atoms with Crippen molar-refractivity contribution in [2.75, 3.05) is 16.4 Å². The van der Waals surface area contributed by atoms with Gasteiger partial charge in [-0.2, -0.15) is 0 Å². The standard InChI is InChI=1S/C34H29ClN2O5/c1-22(8-6-7-19-38)34(41)27-20-24(35)15-18-28(27)36(33(34)40)21-23-13-16-25(17-14-23)37-29-10-3-5-12-31(29)42-30-11-4-2-9-26(30)32(37)39/h2-6,8-18,20,22,38,41H,7,19,21H2,1H3/b8-6+/t22-,34+/m0/s1. The van der Waals surface area contributed by atoms with Crippen molar-refractivity contribution in [2.24, 2.45) is 5.92 Å². The average molecular weight is 581 g/mol. The predicted octanol–water partition coefficient (Wildman–Crippen LogP) is 6.73. The van der Waals surface area contributed by atoms with Crippen LogP contribution in [0.15, 0.2) is 103 Å². The van der Waals surface area contributed by atoms with Crippen LogP contribution in [-0.4, -0.2) is 28.6 Å². The van der Waals surface area contributed by atoms with E-state index in [9.17, 15) is 14.7 Å². The topological polar surface area (TPSA) is 90.3 Å². The van der Waals surface area contributed by atoms with Crippen molar-refractivity contribution < 1.29 is 24.5 Å². The number of rotatable bonds is 7. The minimum Gasteiger partial charge on any atom is -0.454 e. The van der Waals surface area contributed by atoms with Crippen molar-refractivity contribution in [1.29, 1.82) is 0 Å². The number of benzene rings is 4. The van der Waals surface area contributed by atoms with E-state index in [1.807, 2.05) is 54.6 Å². The Bertz CT molecular complexity index is 1700. The Hall–Kier alpha value is -4.43. The van der Waals surface area contributed by atoms with E-state index < -0.39 is 17.4 Å². The van der Waals surface area contributed by atoms with Crippen LogP contribution in [0.1, 0.15) is 34.8 Å². The number of aliphatic hydroxyl groups is 2. The molecule has 0 aromatic heterocycles. The Morgan fingerprint density at radius 3 is 2.40 bits per heavy atom. The number of fused-ring (bicyclic) bond motifs is 3. The summed E-state index contributed by atoms with van der Waals surface area (Å²) in [6.07, 6.45) is 3.93. The highest BCUT2D eigenvalue weighted by atomic mass is 35.5. The van der Waals surface area contributed by atoms with E-state index in [-0.39, 0.29) is 19.1 Å². The molecule has 42 heavy (non-hydrogen) atoms. The van der Waals surface area contributed by atoms with Gasteiger partial charge in [0.1, 0.15) is 5.75 Å². The van der Waals surface area contributed by atoms with Crippen molar-refractivity contribution in [3.63, 3.8) is 0 Å². The number of carbonyl (C=O) groups excluding carboxylic acids is 2. The second-order valence-corrected chi connectivity index (χ2v) is 10.9. The maximum absolute atomic E-state index is 13.8. The van der Waals surface area contributed by atoms with Crippen LogP contribution >= 0.6 is 11.6 Å². The molecule has 8 heteroatoms. The first-order chi connectivity index (χ1) is 20.3. The number of anilines is 3. The molecule has 0 saturated heterocycles. The summed E-state index contributed by atoms with van der Waals surface area (Å²) >= 11 is 6.29. The molecule has 0 unspecified atom stereocenters. The van der Waals surface area contributed by atoms with Gasteiger partial charge in [0.2, 0.25) is 0 Å². The third kappa shape index (κ3) is 4.65. The fourth-order valence-electron chi connectivity index (χ4n) is 5.59. The van der Waals surface area contributed by atoms with Gasteiger partial charge in [-0.15, -0.1) is 0 Å². The number of hydrogen-bond donors (Lipinski definition) is 2. The van der Waals surface area contributed by atoms with Crippen LogP contribution in [0, 0.1) is 5.92 Å². The fourth-order valence-corrected chi connectivity index (χ4v) is 5.76. The second-order valence-electron chi connectivity index (χ2n) is 10.4. The van der Waals surface area contributed by atoms with E-state index in [0.29, 0.717) is 51.1 Å². The molecule has 2 atom stereocenters. The number of halogens is 1. The van der Waals surface area contributed by atoms with E-state index in [2.05, 4.69) is 0 Å². The maximum atomic E-state index is 13.8. The van der Waals surface area contributed by atoms with Gasteiger partial charge in [-0.25, -0.2) is 0 Å². The van der Waals surface area contributed by atoms with Gasteiger partial charge in [-0.1, -0.05) is 67.1 Å². The van der Waals surface area contributed by atoms with Crippen LogP contribution in [0.5, 0.6) is 11.5 Å². The van der Waals surface area contributed by atoms with Crippen molar-refractivity contribution in [3.05, 3.63) is 125 Å². The molecule has 2 aliphatic rings. The number of hydrogen-bond acceptors (Lipinski definition) is 5. The number of amides is 2. The van der Waals surface area contributed by atoms with Crippen LogP contribution in [0.2, 0.25) is 5.02 Å². The molecule has 7 nitrogen and oxygen atoms in total. The van der Waals surface area contributed by atoms with Gasteiger partial charge in [0.25, 0.3) is 11.8 Å². The van der Waals surface area contributed by atoms with E-state index in [4.69, 9.17) is 21.4 Å². The molecular weight excluding hydrogens is 552 g/mol. The van der Waals surface area contributed by atoms with Gasteiger partial charge >= 0.3 is 0 Å². The van der Waals surface area contributed by atoms with E-state index >= 15 is 0 Å². The second kappa shape index (κ2) is 11.1. The van der Waals surface area contributed by atoms with Crippen LogP contribution in [0.25, 0.3) is 0 Å². The largest absolute Gasteiger partial charge is 0.454 e. The third-order valence-electron chi connectivity index (χ3n) is 7.79. The molecular formula is C34H29ClN2O5. The molecule has 6 rings (SSSR count). The molecule has 2 aliphatic heterocycles. The number of para-hydroxylation sites is 3. The molecule has 212 valence electrons. The lowest BCUT2D eigenvalue weighted by Crippen LogP contribution is -2.44. The normalized spacial score (nSPS) is 18.4. The summed E-state index contributed by atoms with van der Waals surface area (Å²) in [5.74, 6) is -0.152. The van der Waals surface area contributed by atoms with Crippen LogP contribution in [-0.2, 0) is 16.9 Å². The monoisotopic (exact) mass is 580 g/mol. The summed E-state index contributed by atoms with van der Waals surface area (Å²) < 4.78 is 6.10. The summed E-state index contributed by atoms with van der Waals surface area (Å²) in [4.78, 5) is 30.7. The molecule has 0 spiro atoms. The highest BCUT2D eigenvalue weighted by molar-refractivity contribution is 6.31. The molecule has 4 aromatic carbocycles. The quantitative estimate of drug-likeness (QED) is 0.236. The van der Waals surface area contributed by atoms with Crippen molar-refractivity contribution >= 4 is 40.5 Å². The van der Waals surface area contributed by atoms with Crippen molar-refractivity contribution in [1.82, 2.24) is 0 Å². The predicted molar refractivity (Wildman–Crippen MR) is 162 cm³/mol. The van der Waals surface area contributed by atoms with Gasteiger partial charge < -0.3 is 19.8 Å². The zero-order valence-electron chi connectivity index (χ0n) is 22.9. The molecule has 4 aromatic rings. The summed E-state index contributed by atoms with van der Waals surface area (Å²) in [5, 5.41) is 21.3. The van der Waals surface area contributed by atoms with E-state index in [0.717, 1.165) is 5.56 Å². The Morgan fingerprint density at radius 2 is 1.64 bits per heavy atom. The minimum absolute atomic E-state index is 0.0196. The Kier molecular flexibility index (Phi) is 7.33. The molecule has 2 N–H and O–H groups in total. The molecule has 0 saturated carbocycles. The highest BCUT2D eigenvalue weighted by Crippen LogP contribution is 2.47. The lowest BCUT2D eigenvalue weighted by atomic mass is 9.83. The molecule has 0 bridgehead atoms. The van der Waals surface area contributed by atoms with Crippen LogP contribution < -0.4 is 14.5 Å². The fraction of sp³-hybridized carbons (Fsp3) is 0.176. The zero-order chi connectivity index (χ0) is 29.4. The summed E-state index contributed by atoms with van der Waals surface area (Å²) in [5.41, 5.74) is 1.77. The number of aliphatic hydroxyl groups excluding tert-OH is 1. The van der Waals surface area contributed by atoms with Gasteiger partial charge in [0.15, 0.2) is 11.4 Å². The number of ether oxygens (including phenoxy) is 1.